The van der Waals surface area contributed by atoms with Crippen LogP contribution in [0.4, 0.5) is 5.69 Å². The smallest absolute Gasteiger partial charge is 0.214 e. The number of rotatable bonds is 5. The molecule has 0 atom stereocenters. The maximum absolute atomic E-state index is 5.10. The number of methoxy groups -OCH3 is 1. The lowest BCUT2D eigenvalue weighted by molar-refractivity contribution is 0.398. The number of anilines is 1. The van der Waals surface area contributed by atoms with Crippen LogP contribution >= 0.6 is 0 Å². The molecule has 0 aliphatic rings. The summed E-state index contributed by atoms with van der Waals surface area (Å²) in [4.78, 5) is 4.08. The number of benzene rings is 1. The van der Waals surface area contributed by atoms with Crippen LogP contribution < -0.4 is 10.1 Å². The van der Waals surface area contributed by atoms with E-state index in [1.54, 1.807) is 13.3 Å². The van der Waals surface area contributed by atoms with Gasteiger partial charge in [-0.2, -0.15) is 0 Å². The fourth-order valence-electron chi connectivity index (χ4n) is 1.90. The Bertz CT molecular complexity index is 511. The molecule has 18 heavy (non-hydrogen) atoms. The first-order valence-electron chi connectivity index (χ1n) is 6.14. The highest BCUT2D eigenvalue weighted by Crippen LogP contribution is 2.16. The van der Waals surface area contributed by atoms with E-state index in [-0.39, 0.29) is 0 Å². The monoisotopic (exact) mass is 242 g/mol. The third-order valence-electron chi connectivity index (χ3n) is 2.93. The van der Waals surface area contributed by atoms with E-state index >= 15 is 0 Å². The van der Waals surface area contributed by atoms with Crippen LogP contribution in [-0.2, 0) is 13.0 Å². The van der Waals surface area contributed by atoms with Gasteiger partial charge in [-0.15, -0.1) is 0 Å². The second-order valence-electron chi connectivity index (χ2n) is 4.06. The Kier molecular flexibility index (Phi) is 4.18. The molecule has 3 heteroatoms. The first kappa shape index (κ1) is 12.4. The van der Waals surface area contributed by atoms with Gasteiger partial charge < -0.3 is 10.1 Å². The molecule has 1 N–H and O–H groups in total. The molecule has 0 radical (unpaired) electrons. The van der Waals surface area contributed by atoms with Gasteiger partial charge in [0.05, 0.1) is 7.11 Å². The Morgan fingerprint density at radius 2 is 1.94 bits per heavy atom. The van der Waals surface area contributed by atoms with Gasteiger partial charge in [-0.1, -0.05) is 31.2 Å². The summed E-state index contributed by atoms with van der Waals surface area (Å²) in [5.74, 6) is 0.628. The topological polar surface area (TPSA) is 34.2 Å². The molecule has 94 valence electrons. The second-order valence-corrected chi connectivity index (χ2v) is 4.06. The van der Waals surface area contributed by atoms with Crippen molar-refractivity contribution in [1.82, 2.24) is 4.98 Å². The van der Waals surface area contributed by atoms with Gasteiger partial charge in [0.1, 0.15) is 0 Å². The highest BCUT2D eigenvalue weighted by atomic mass is 16.5. The van der Waals surface area contributed by atoms with E-state index in [9.17, 15) is 0 Å². The third-order valence-corrected chi connectivity index (χ3v) is 2.93. The summed E-state index contributed by atoms with van der Waals surface area (Å²) in [6.07, 6.45) is 2.80. The number of nitrogens with zero attached hydrogens (tertiary/aromatic N) is 1. The predicted octanol–water partition coefficient (Wildman–Crippen LogP) is 3.26. The Labute approximate surface area is 108 Å². The molecule has 0 bridgehead atoms. The minimum absolute atomic E-state index is 0.628. The van der Waals surface area contributed by atoms with Crippen LogP contribution in [-0.4, -0.2) is 12.1 Å². The van der Waals surface area contributed by atoms with Crippen molar-refractivity contribution in [2.75, 3.05) is 12.4 Å². The van der Waals surface area contributed by atoms with Crippen molar-refractivity contribution in [2.45, 2.75) is 19.9 Å². The Morgan fingerprint density at radius 1 is 1.17 bits per heavy atom. The van der Waals surface area contributed by atoms with Crippen molar-refractivity contribution in [2.24, 2.45) is 0 Å². The molecule has 1 aromatic carbocycles. The van der Waals surface area contributed by atoms with Gasteiger partial charge in [0, 0.05) is 24.5 Å². The van der Waals surface area contributed by atoms with Crippen molar-refractivity contribution in [3.63, 3.8) is 0 Å². The molecule has 0 unspecified atom stereocenters. The van der Waals surface area contributed by atoms with Gasteiger partial charge in [0.15, 0.2) is 0 Å². The Hall–Kier alpha value is -2.03. The highest BCUT2D eigenvalue weighted by Gasteiger charge is 2.00. The largest absolute Gasteiger partial charge is 0.481 e. The Morgan fingerprint density at radius 3 is 2.67 bits per heavy atom. The quantitative estimate of drug-likeness (QED) is 0.873. The fraction of sp³-hybridized carbons (Fsp3) is 0.267. The zero-order valence-electron chi connectivity index (χ0n) is 10.8. The molecular weight excluding hydrogens is 224 g/mol. The average molecular weight is 242 g/mol. The number of pyridine rings is 1. The Balaban J connectivity index is 2.06. The highest BCUT2D eigenvalue weighted by molar-refractivity contribution is 5.46. The molecule has 0 fully saturated rings. The van der Waals surface area contributed by atoms with Crippen molar-refractivity contribution in [3.8, 4) is 5.88 Å². The summed E-state index contributed by atoms with van der Waals surface area (Å²) in [5.41, 5.74) is 3.73. The molecule has 0 amide bonds. The predicted molar refractivity (Wildman–Crippen MR) is 73.9 cm³/mol. The molecule has 1 heterocycles. The van der Waals surface area contributed by atoms with Crippen LogP contribution in [0.5, 0.6) is 5.88 Å². The lowest BCUT2D eigenvalue weighted by Gasteiger charge is -2.10. The number of aromatic nitrogens is 1. The molecule has 1 aromatic heterocycles. The number of hydrogen-bond donors (Lipinski definition) is 1. The second kappa shape index (κ2) is 6.05. The van der Waals surface area contributed by atoms with Crippen molar-refractivity contribution in [1.29, 1.82) is 0 Å². The minimum Gasteiger partial charge on any atom is -0.481 e. The summed E-state index contributed by atoms with van der Waals surface area (Å²) >= 11 is 0. The molecule has 0 saturated heterocycles. The first-order valence-corrected chi connectivity index (χ1v) is 6.14. The number of ether oxygens (including phenoxy) is 1. The van der Waals surface area contributed by atoms with E-state index in [2.05, 4.69) is 41.5 Å². The number of nitrogens with one attached hydrogen (secondary N) is 1. The van der Waals surface area contributed by atoms with Crippen LogP contribution in [0.25, 0.3) is 0 Å². The van der Waals surface area contributed by atoms with Gasteiger partial charge in [-0.05, 0) is 23.6 Å². The van der Waals surface area contributed by atoms with E-state index in [0.29, 0.717) is 5.88 Å². The van der Waals surface area contributed by atoms with Crippen LogP contribution in [0, 0.1) is 0 Å². The number of hydrogen-bond acceptors (Lipinski definition) is 3. The van der Waals surface area contributed by atoms with Crippen LogP contribution in [0.1, 0.15) is 18.1 Å². The van der Waals surface area contributed by atoms with Gasteiger partial charge in [-0.25, -0.2) is 4.98 Å². The minimum atomic E-state index is 0.628. The zero-order valence-corrected chi connectivity index (χ0v) is 10.8. The molecular formula is C15H18N2O. The molecule has 0 aliphatic heterocycles. The lowest BCUT2D eigenvalue weighted by Crippen LogP contribution is -2.02. The zero-order chi connectivity index (χ0) is 12.8. The van der Waals surface area contributed by atoms with E-state index < -0.39 is 0 Å². The molecule has 0 saturated carbocycles. The molecule has 2 rings (SSSR count). The van der Waals surface area contributed by atoms with Gasteiger partial charge in [0.25, 0.3) is 0 Å². The normalized spacial score (nSPS) is 10.1. The molecule has 0 aliphatic carbocycles. The molecule has 2 aromatic rings. The lowest BCUT2D eigenvalue weighted by atomic mass is 10.1. The standard InChI is InChI=1S/C15H18N2O/c1-3-12-6-4-5-7-13(12)11-17-14-8-9-16-15(10-14)18-2/h4-10H,3,11H2,1-2H3,(H,16,17). The van der Waals surface area contributed by atoms with E-state index in [0.717, 1.165) is 18.7 Å². The summed E-state index contributed by atoms with van der Waals surface area (Å²) in [6.45, 7) is 2.99. The van der Waals surface area contributed by atoms with Crippen LogP contribution in [0.2, 0.25) is 0 Å². The van der Waals surface area contributed by atoms with Crippen molar-refractivity contribution >= 4 is 5.69 Å². The number of aryl methyl sites for hydroxylation is 1. The van der Waals surface area contributed by atoms with Gasteiger partial charge in [-0.3, -0.25) is 0 Å². The average Bonchev–Trinajstić information content (AvgIpc) is 2.45. The fourth-order valence-corrected chi connectivity index (χ4v) is 1.90. The van der Waals surface area contributed by atoms with E-state index in [4.69, 9.17) is 4.74 Å². The SMILES string of the molecule is CCc1ccccc1CNc1ccnc(OC)c1. The van der Waals surface area contributed by atoms with Crippen LogP contribution in [0.3, 0.4) is 0 Å². The molecule has 3 nitrogen and oxygen atoms in total. The van der Waals surface area contributed by atoms with Crippen LogP contribution in [0.15, 0.2) is 42.6 Å². The van der Waals surface area contributed by atoms with Crippen molar-refractivity contribution < 1.29 is 4.74 Å². The summed E-state index contributed by atoms with van der Waals surface area (Å²) in [5, 5.41) is 3.39. The van der Waals surface area contributed by atoms with Crippen molar-refractivity contribution in [3.05, 3.63) is 53.7 Å². The maximum Gasteiger partial charge on any atom is 0.214 e. The maximum atomic E-state index is 5.10. The van der Waals surface area contributed by atoms with Gasteiger partial charge in [0.2, 0.25) is 5.88 Å². The van der Waals surface area contributed by atoms with E-state index in [1.165, 1.54) is 11.1 Å². The summed E-state index contributed by atoms with van der Waals surface area (Å²) in [6, 6.07) is 12.3. The first-order chi connectivity index (χ1) is 8.83. The van der Waals surface area contributed by atoms with Gasteiger partial charge >= 0.3 is 0 Å². The molecule has 0 spiro atoms. The third kappa shape index (κ3) is 3.00. The summed E-state index contributed by atoms with van der Waals surface area (Å²) < 4.78 is 5.10. The summed E-state index contributed by atoms with van der Waals surface area (Å²) in [7, 11) is 1.62. The van der Waals surface area contributed by atoms with E-state index in [1.807, 2.05) is 12.1 Å².